The van der Waals surface area contributed by atoms with E-state index in [0.717, 1.165) is 51.1 Å². The molecule has 1 atom stereocenters. The molecule has 114 valence electrons. The fourth-order valence-corrected chi connectivity index (χ4v) is 3.47. The fourth-order valence-electron chi connectivity index (χ4n) is 3.47. The van der Waals surface area contributed by atoms with Gasteiger partial charge in [-0.2, -0.15) is 0 Å². The highest BCUT2D eigenvalue weighted by atomic mass is 16.1. The molecule has 0 saturated carbocycles. The van der Waals surface area contributed by atoms with Crippen molar-refractivity contribution in [1.29, 1.82) is 0 Å². The molecule has 0 radical (unpaired) electrons. The first-order valence-electron chi connectivity index (χ1n) is 8.12. The van der Waals surface area contributed by atoms with Gasteiger partial charge in [-0.25, -0.2) is 0 Å². The van der Waals surface area contributed by atoms with E-state index in [1.807, 2.05) is 12.1 Å². The smallest absolute Gasteiger partial charge is 0.251 e. The van der Waals surface area contributed by atoms with Crippen LogP contribution in [0.1, 0.15) is 41.3 Å². The van der Waals surface area contributed by atoms with Crippen molar-refractivity contribution in [3.8, 4) is 0 Å². The lowest BCUT2D eigenvalue weighted by Gasteiger charge is -2.32. The first-order chi connectivity index (χ1) is 10.3. The predicted octanol–water partition coefficient (Wildman–Crippen LogP) is 1.55. The maximum absolute atomic E-state index is 12.6. The van der Waals surface area contributed by atoms with Gasteiger partial charge in [0.2, 0.25) is 0 Å². The van der Waals surface area contributed by atoms with Gasteiger partial charge in [-0.05, 0) is 56.1 Å². The number of hydrogen-bond acceptors (Lipinski definition) is 3. The molecule has 4 nitrogen and oxygen atoms in total. The Morgan fingerprint density at radius 2 is 2.38 bits per heavy atom. The van der Waals surface area contributed by atoms with Gasteiger partial charge in [0.1, 0.15) is 0 Å². The number of amides is 1. The minimum atomic E-state index is 0.108. The largest absolute Gasteiger partial charge is 0.348 e. The van der Waals surface area contributed by atoms with Crippen molar-refractivity contribution < 1.29 is 4.79 Å². The zero-order chi connectivity index (χ0) is 14.7. The number of carbonyl (C=O) groups excluding carboxylic acids is 1. The Morgan fingerprint density at radius 3 is 3.24 bits per heavy atom. The van der Waals surface area contributed by atoms with Crippen molar-refractivity contribution >= 4 is 5.91 Å². The number of hydrogen-bond donors (Lipinski definition) is 2. The average molecular weight is 287 g/mol. The zero-order valence-corrected chi connectivity index (χ0v) is 12.8. The zero-order valence-electron chi connectivity index (χ0n) is 12.8. The molecule has 2 aliphatic heterocycles. The summed E-state index contributed by atoms with van der Waals surface area (Å²) in [5.74, 6) is 0.108. The Hall–Kier alpha value is -1.39. The summed E-state index contributed by atoms with van der Waals surface area (Å²) in [5.41, 5.74) is 3.38. The Balaban J connectivity index is 1.71. The highest BCUT2D eigenvalue weighted by molar-refractivity contribution is 5.96. The van der Waals surface area contributed by atoms with Gasteiger partial charge in [-0.15, -0.1) is 0 Å². The van der Waals surface area contributed by atoms with Gasteiger partial charge < -0.3 is 15.5 Å². The summed E-state index contributed by atoms with van der Waals surface area (Å²) in [7, 11) is 0. The van der Waals surface area contributed by atoms with Crippen LogP contribution in [-0.4, -0.2) is 43.0 Å². The number of rotatable bonds is 3. The van der Waals surface area contributed by atoms with E-state index >= 15 is 0 Å². The number of benzene rings is 1. The van der Waals surface area contributed by atoms with Crippen molar-refractivity contribution in [1.82, 2.24) is 15.5 Å². The normalized spacial score (nSPS) is 22.6. The quantitative estimate of drug-likeness (QED) is 0.886. The van der Waals surface area contributed by atoms with E-state index < -0.39 is 0 Å². The standard InChI is InChI=1S/C17H25N3O/c1-2-20-10-4-6-14(12-20)19-17(21)16-7-3-5-13-11-18-9-8-15(13)16/h3,5,7,14,18H,2,4,6,8-12H2,1H3,(H,19,21). The van der Waals surface area contributed by atoms with Crippen LogP contribution in [0.4, 0.5) is 0 Å². The molecule has 1 fully saturated rings. The van der Waals surface area contributed by atoms with E-state index in [4.69, 9.17) is 0 Å². The van der Waals surface area contributed by atoms with E-state index in [9.17, 15) is 4.79 Å². The van der Waals surface area contributed by atoms with Crippen LogP contribution in [0.2, 0.25) is 0 Å². The second-order valence-electron chi connectivity index (χ2n) is 6.08. The lowest BCUT2D eigenvalue weighted by molar-refractivity contribution is 0.0904. The fraction of sp³-hybridized carbons (Fsp3) is 0.588. The van der Waals surface area contributed by atoms with Gasteiger partial charge >= 0.3 is 0 Å². The molecule has 1 aromatic rings. The third kappa shape index (κ3) is 3.27. The third-order valence-corrected chi connectivity index (χ3v) is 4.67. The summed E-state index contributed by atoms with van der Waals surface area (Å²) >= 11 is 0. The Kier molecular flexibility index (Phi) is 4.56. The van der Waals surface area contributed by atoms with Crippen LogP contribution in [0.25, 0.3) is 0 Å². The topological polar surface area (TPSA) is 44.4 Å². The van der Waals surface area contributed by atoms with Gasteiger partial charge in [0.15, 0.2) is 0 Å². The molecule has 2 heterocycles. The second kappa shape index (κ2) is 6.58. The molecule has 1 saturated heterocycles. The molecule has 1 amide bonds. The molecule has 0 bridgehead atoms. The number of piperidine rings is 1. The maximum atomic E-state index is 12.6. The van der Waals surface area contributed by atoms with Crippen molar-refractivity contribution in [3.63, 3.8) is 0 Å². The minimum absolute atomic E-state index is 0.108. The minimum Gasteiger partial charge on any atom is -0.348 e. The number of nitrogens with zero attached hydrogens (tertiary/aromatic N) is 1. The van der Waals surface area contributed by atoms with Crippen LogP contribution in [0.15, 0.2) is 18.2 Å². The highest BCUT2D eigenvalue weighted by Gasteiger charge is 2.23. The predicted molar refractivity (Wildman–Crippen MR) is 84.5 cm³/mol. The molecule has 0 aromatic heterocycles. The van der Waals surface area contributed by atoms with E-state index in [1.54, 1.807) is 0 Å². The van der Waals surface area contributed by atoms with E-state index in [2.05, 4.69) is 28.5 Å². The molecule has 0 aliphatic carbocycles. The second-order valence-corrected chi connectivity index (χ2v) is 6.08. The summed E-state index contributed by atoms with van der Waals surface area (Å²) in [6.07, 6.45) is 3.22. The first kappa shape index (κ1) is 14.5. The van der Waals surface area contributed by atoms with Crippen LogP contribution < -0.4 is 10.6 Å². The number of nitrogens with one attached hydrogen (secondary N) is 2. The third-order valence-electron chi connectivity index (χ3n) is 4.67. The molecule has 2 aliphatic rings. The molecular weight excluding hydrogens is 262 g/mol. The number of likely N-dealkylation sites (tertiary alicyclic amines) is 1. The summed E-state index contributed by atoms with van der Waals surface area (Å²) in [6, 6.07) is 6.39. The van der Waals surface area contributed by atoms with E-state index in [0.29, 0.717) is 6.04 Å². The lowest BCUT2D eigenvalue weighted by atomic mass is 9.94. The molecule has 0 spiro atoms. The van der Waals surface area contributed by atoms with Crippen LogP contribution in [0, 0.1) is 0 Å². The van der Waals surface area contributed by atoms with Crippen molar-refractivity contribution in [3.05, 3.63) is 34.9 Å². The molecule has 2 N–H and O–H groups in total. The average Bonchev–Trinajstić information content (AvgIpc) is 2.54. The highest BCUT2D eigenvalue weighted by Crippen LogP contribution is 2.19. The number of carbonyl (C=O) groups is 1. The van der Waals surface area contributed by atoms with Crippen LogP contribution in [-0.2, 0) is 13.0 Å². The number of fused-ring (bicyclic) bond motifs is 1. The van der Waals surface area contributed by atoms with Gasteiger partial charge in [-0.1, -0.05) is 19.1 Å². The van der Waals surface area contributed by atoms with Gasteiger partial charge in [0, 0.05) is 24.7 Å². The van der Waals surface area contributed by atoms with Gasteiger partial charge in [-0.3, -0.25) is 4.79 Å². The molecule has 4 heteroatoms. The lowest BCUT2D eigenvalue weighted by Crippen LogP contribution is -2.47. The monoisotopic (exact) mass is 287 g/mol. The first-order valence-corrected chi connectivity index (χ1v) is 8.12. The molecule has 1 unspecified atom stereocenters. The maximum Gasteiger partial charge on any atom is 0.251 e. The Bertz CT molecular complexity index is 515. The van der Waals surface area contributed by atoms with Crippen molar-refractivity contribution in [2.24, 2.45) is 0 Å². The summed E-state index contributed by atoms with van der Waals surface area (Å²) in [4.78, 5) is 15.0. The SMILES string of the molecule is CCN1CCCC(NC(=O)c2cccc3c2CCNC3)C1. The van der Waals surface area contributed by atoms with E-state index in [-0.39, 0.29) is 5.91 Å². The molecule has 1 aromatic carbocycles. The van der Waals surface area contributed by atoms with Crippen LogP contribution >= 0.6 is 0 Å². The number of likely N-dealkylation sites (N-methyl/N-ethyl adjacent to an activating group) is 1. The van der Waals surface area contributed by atoms with Crippen LogP contribution in [0.3, 0.4) is 0 Å². The van der Waals surface area contributed by atoms with Gasteiger partial charge in [0.25, 0.3) is 5.91 Å². The van der Waals surface area contributed by atoms with Crippen molar-refractivity contribution in [2.75, 3.05) is 26.2 Å². The Labute approximate surface area is 126 Å². The molecule has 21 heavy (non-hydrogen) atoms. The van der Waals surface area contributed by atoms with Crippen LogP contribution in [0.5, 0.6) is 0 Å². The summed E-state index contributed by atoms with van der Waals surface area (Å²) in [6.45, 7) is 7.24. The van der Waals surface area contributed by atoms with Gasteiger partial charge in [0.05, 0.1) is 0 Å². The summed E-state index contributed by atoms with van der Waals surface area (Å²) in [5, 5.41) is 6.61. The van der Waals surface area contributed by atoms with Crippen molar-refractivity contribution in [2.45, 2.75) is 38.8 Å². The Morgan fingerprint density at radius 1 is 1.48 bits per heavy atom. The molecular formula is C17H25N3O. The summed E-state index contributed by atoms with van der Waals surface area (Å²) < 4.78 is 0. The van der Waals surface area contributed by atoms with E-state index in [1.165, 1.54) is 17.5 Å². The molecule has 3 rings (SSSR count).